The van der Waals surface area contributed by atoms with Crippen molar-refractivity contribution in [2.24, 2.45) is 0 Å². The van der Waals surface area contributed by atoms with Crippen LogP contribution < -0.4 is 5.32 Å². The van der Waals surface area contributed by atoms with E-state index in [-0.39, 0.29) is 12.5 Å². The smallest absolute Gasteiger partial charge is 0.251 e. The number of carbonyl (C=O) groups excluding carboxylic acids is 1. The average Bonchev–Trinajstić information content (AvgIpc) is 2.72. The quantitative estimate of drug-likeness (QED) is 0.902. The molecule has 1 aromatic carbocycles. The minimum Gasteiger partial charge on any atom is -0.387 e. The third-order valence-electron chi connectivity index (χ3n) is 2.79. The predicted molar refractivity (Wildman–Crippen MR) is 75.7 cm³/mol. The molecule has 0 saturated carbocycles. The van der Waals surface area contributed by atoms with Gasteiger partial charge in [0.2, 0.25) is 0 Å². The molecule has 18 heavy (non-hydrogen) atoms. The molecule has 1 amide bonds. The van der Waals surface area contributed by atoms with Gasteiger partial charge in [-0.25, -0.2) is 0 Å². The molecule has 0 aromatic heterocycles. The Morgan fingerprint density at radius 2 is 2.06 bits per heavy atom. The number of thioether (sulfide) groups is 1. The van der Waals surface area contributed by atoms with Crippen LogP contribution >= 0.6 is 35.0 Å². The molecule has 6 heteroatoms. The van der Waals surface area contributed by atoms with Crippen LogP contribution in [0.25, 0.3) is 0 Å². The molecular weight excluding hydrogens is 293 g/mol. The van der Waals surface area contributed by atoms with Gasteiger partial charge in [0.25, 0.3) is 5.91 Å². The van der Waals surface area contributed by atoms with Crippen molar-refractivity contribution in [1.29, 1.82) is 0 Å². The third-order valence-corrected chi connectivity index (χ3v) is 4.46. The zero-order valence-electron chi connectivity index (χ0n) is 9.58. The van der Waals surface area contributed by atoms with Crippen LogP contribution in [0, 0.1) is 0 Å². The normalized spacial score (nSPS) is 23.1. The summed E-state index contributed by atoms with van der Waals surface area (Å²) in [5.41, 5.74) is -0.385. The Balaban J connectivity index is 1.99. The highest BCUT2D eigenvalue weighted by atomic mass is 35.5. The van der Waals surface area contributed by atoms with Crippen molar-refractivity contribution in [2.45, 2.75) is 12.0 Å². The second-order valence-corrected chi connectivity index (χ2v) is 6.35. The summed E-state index contributed by atoms with van der Waals surface area (Å²) in [5.74, 6) is 1.31. The van der Waals surface area contributed by atoms with Crippen molar-refractivity contribution in [2.75, 3.05) is 18.1 Å². The van der Waals surface area contributed by atoms with Crippen LogP contribution in [0.1, 0.15) is 16.8 Å². The Hall–Kier alpha value is -0.420. The van der Waals surface area contributed by atoms with Crippen LogP contribution in [-0.4, -0.2) is 34.7 Å². The van der Waals surface area contributed by atoms with Crippen molar-refractivity contribution < 1.29 is 9.90 Å². The van der Waals surface area contributed by atoms with E-state index < -0.39 is 5.60 Å². The van der Waals surface area contributed by atoms with E-state index in [2.05, 4.69) is 5.32 Å². The van der Waals surface area contributed by atoms with Gasteiger partial charge in [-0.3, -0.25) is 4.79 Å². The maximum atomic E-state index is 11.9. The molecule has 1 unspecified atom stereocenters. The number of rotatable bonds is 3. The van der Waals surface area contributed by atoms with Crippen LogP contribution in [0.15, 0.2) is 18.2 Å². The molecule has 2 N–H and O–H groups in total. The summed E-state index contributed by atoms with van der Waals surface area (Å²) in [7, 11) is 0. The van der Waals surface area contributed by atoms with Crippen molar-refractivity contribution >= 4 is 40.9 Å². The van der Waals surface area contributed by atoms with Crippen LogP contribution in [0.5, 0.6) is 0 Å². The second kappa shape index (κ2) is 5.70. The van der Waals surface area contributed by atoms with E-state index in [1.807, 2.05) is 0 Å². The second-order valence-electron chi connectivity index (χ2n) is 4.37. The van der Waals surface area contributed by atoms with Gasteiger partial charge in [-0.1, -0.05) is 23.2 Å². The maximum absolute atomic E-state index is 11.9. The SMILES string of the molecule is O=C(NCC1(O)CCSC1)c1cc(Cl)cc(Cl)c1. The summed E-state index contributed by atoms with van der Waals surface area (Å²) in [5, 5.41) is 13.7. The largest absolute Gasteiger partial charge is 0.387 e. The lowest BCUT2D eigenvalue weighted by Crippen LogP contribution is -2.42. The number of nitrogens with one attached hydrogen (secondary N) is 1. The van der Waals surface area contributed by atoms with E-state index in [1.54, 1.807) is 30.0 Å². The minimum atomic E-state index is -0.789. The zero-order valence-corrected chi connectivity index (χ0v) is 11.9. The Morgan fingerprint density at radius 1 is 1.39 bits per heavy atom. The number of aliphatic hydroxyl groups is 1. The summed E-state index contributed by atoms with van der Waals surface area (Å²) in [6.45, 7) is 0.253. The molecular formula is C12H13Cl2NO2S. The first-order chi connectivity index (χ1) is 8.48. The van der Waals surface area contributed by atoms with Crippen molar-refractivity contribution in [3.05, 3.63) is 33.8 Å². The summed E-state index contributed by atoms with van der Waals surface area (Å²) in [6, 6.07) is 4.67. The first kappa shape index (κ1) is 14.0. The molecule has 0 aliphatic carbocycles. The Kier molecular flexibility index (Phi) is 4.43. The number of hydrogen-bond donors (Lipinski definition) is 2. The van der Waals surface area contributed by atoms with Crippen LogP contribution in [0.2, 0.25) is 10.0 Å². The molecule has 0 bridgehead atoms. The summed E-state index contributed by atoms with van der Waals surface area (Å²) >= 11 is 13.4. The van der Waals surface area contributed by atoms with Gasteiger partial charge in [-0.2, -0.15) is 11.8 Å². The topological polar surface area (TPSA) is 49.3 Å². The van der Waals surface area contributed by atoms with Gasteiger partial charge in [-0.15, -0.1) is 0 Å². The highest BCUT2D eigenvalue weighted by molar-refractivity contribution is 7.99. The molecule has 1 saturated heterocycles. The van der Waals surface area contributed by atoms with Gasteiger partial charge in [0.1, 0.15) is 0 Å². The van der Waals surface area contributed by atoms with E-state index in [0.717, 1.165) is 5.75 Å². The lowest BCUT2D eigenvalue weighted by molar-refractivity contribution is 0.0612. The number of amides is 1. The van der Waals surface area contributed by atoms with Crippen LogP contribution in [0.3, 0.4) is 0 Å². The molecule has 1 aliphatic rings. The number of carbonyl (C=O) groups is 1. The van der Waals surface area contributed by atoms with Crippen molar-refractivity contribution in [3.8, 4) is 0 Å². The monoisotopic (exact) mass is 305 g/mol. The molecule has 3 nitrogen and oxygen atoms in total. The molecule has 1 fully saturated rings. The summed E-state index contributed by atoms with van der Waals surface area (Å²) in [4.78, 5) is 11.9. The van der Waals surface area contributed by atoms with Gasteiger partial charge in [-0.05, 0) is 30.4 Å². The minimum absolute atomic E-state index is 0.253. The number of benzene rings is 1. The van der Waals surface area contributed by atoms with Crippen LogP contribution in [0.4, 0.5) is 0 Å². The first-order valence-electron chi connectivity index (χ1n) is 5.53. The Labute approximate surface area is 120 Å². The summed E-state index contributed by atoms with van der Waals surface area (Å²) in [6.07, 6.45) is 0.703. The lowest BCUT2D eigenvalue weighted by atomic mass is 10.0. The Bertz CT molecular complexity index is 441. The fraction of sp³-hybridized carbons (Fsp3) is 0.417. The van der Waals surface area contributed by atoms with E-state index in [4.69, 9.17) is 23.2 Å². The van der Waals surface area contributed by atoms with E-state index in [1.165, 1.54) is 0 Å². The highest BCUT2D eigenvalue weighted by Gasteiger charge is 2.32. The Morgan fingerprint density at radius 3 is 2.61 bits per heavy atom. The lowest BCUT2D eigenvalue weighted by Gasteiger charge is -2.21. The zero-order chi connectivity index (χ0) is 13.2. The van der Waals surface area contributed by atoms with Gasteiger partial charge >= 0.3 is 0 Å². The van der Waals surface area contributed by atoms with Gasteiger partial charge in [0, 0.05) is 27.9 Å². The third kappa shape index (κ3) is 3.54. The number of halogens is 2. The van der Waals surface area contributed by atoms with E-state index in [9.17, 15) is 9.90 Å². The van der Waals surface area contributed by atoms with E-state index >= 15 is 0 Å². The van der Waals surface area contributed by atoms with Gasteiger partial charge < -0.3 is 10.4 Å². The predicted octanol–water partition coefficient (Wildman–Crippen LogP) is 2.59. The van der Waals surface area contributed by atoms with Crippen molar-refractivity contribution in [3.63, 3.8) is 0 Å². The fourth-order valence-corrected chi connectivity index (χ4v) is 3.59. The maximum Gasteiger partial charge on any atom is 0.251 e. The van der Waals surface area contributed by atoms with E-state index in [0.29, 0.717) is 27.8 Å². The van der Waals surface area contributed by atoms with Gasteiger partial charge in [0.15, 0.2) is 0 Å². The molecule has 1 aromatic rings. The molecule has 98 valence electrons. The molecule has 1 heterocycles. The number of hydrogen-bond acceptors (Lipinski definition) is 3. The molecule has 2 rings (SSSR count). The average molecular weight is 306 g/mol. The molecule has 0 spiro atoms. The molecule has 1 atom stereocenters. The first-order valence-corrected chi connectivity index (χ1v) is 7.44. The fourth-order valence-electron chi connectivity index (χ4n) is 1.77. The standard InChI is InChI=1S/C12H13Cl2NO2S/c13-9-3-8(4-10(14)5-9)11(16)15-6-12(17)1-2-18-7-12/h3-5,17H,1-2,6-7H2,(H,15,16). The molecule has 0 radical (unpaired) electrons. The van der Waals surface area contributed by atoms with Crippen LogP contribution in [-0.2, 0) is 0 Å². The van der Waals surface area contributed by atoms with Crippen molar-refractivity contribution in [1.82, 2.24) is 5.32 Å². The molecule has 1 aliphatic heterocycles. The summed E-state index contributed by atoms with van der Waals surface area (Å²) < 4.78 is 0. The van der Waals surface area contributed by atoms with Gasteiger partial charge in [0.05, 0.1) is 5.60 Å². The highest BCUT2D eigenvalue weighted by Crippen LogP contribution is 2.27.